The quantitative estimate of drug-likeness (QED) is 0.471. The molecule has 0 spiro atoms. The molecule has 2 aromatic heterocycles. The number of nitrogens with one attached hydrogen (secondary N) is 2. The zero-order chi connectivity index (χ0) is 20.2. The molecule has 146 valence electrons. The Morgan fingerprint density at radius 2 is 1.90 bits per heavy atom. The Morgan fingerprint density at radius 1 is 1.10 bits per heavy atom. The zero-order valence-corrected chi connectivity index (χ0v) is 16.9. The van der Waals surface area contributed by atoms with Crippen LogP contribution >= 0.6 is 22.9 Å². The summed E-state index contributed by atoms with van der Waals surface area (Å²) in [6, 6.07) is 14.6. The minimum atomic E-state index is -0.160. The number of hydrogen-bond acceptors (Lipinski definition) is 5. The summed E-state index contributed by atoms with van der Waals surface area (Å²) in [7, 11) is 0. The van der Waals surface area contributed by atoms with Gasteiger partial charge in [0.25, 0.3) is 5.56 Å². The molecule has 1 amide bonds. The van der Waals surface area contributed by atoms with Crippen molar-refractivity contribution in [3.63, 3.8) is 0 Å². The third-order valence-corrected chi connectivity index (χ3v) is 5.38. The van der Waals surface area contributed by atoms with E-state index in [9.17, 15) is 9.59 Å². The molecule has 0 aliphatic heterocycles. The third kappa shape index (κ3) is 4.70. The number of fused-ring (bicyclic) bond motifs is 1. The van der Waals surface area contributed by atoms with Gasteiger partial charge in [-0.2, -0.15) is 0 Å². The van der Waals surface area contributed by atoms with E-state index in [1.54, 1.807) is 24.3 Å². The van der Waals surface area contributed by atoms with Gasteiger partial charge >= 0.3 is 0 Å². The van der Waals surface area contributed by atoms with E-state index in [-0.39, 0.29) is 11.5 Å². The van der Waals surface area contributed by atoms with E-state index in [0.717, 1.165) is 11.3 Å². The first-order valence-corrected chi connectivity index (χ1v) is 10.3. The number of carbonyl (C=O) groups excluding carboxylic acids is 1. The van der Waals surface area contributed by atoms with Crippen molar-refractivity contribution in [2.45, 2.75) is 19.3 Å². The van der Waals surface area contributed by atoms with Crippen molar-refractivity contribution in [3.05, 3.63) is 75.1 Å². The predicted molar refractivity (Wildman–Crippen MR) is 116 cm³/mol. The smallest absolute Gasteiger partial charge is 0.258 e. The van der Waals surface area contributed by atoms with E-state index in [1.807, 2.05) is 29.6 Å². The van der Waals surface area contributed by atoms with Gasteiger partial charge in [-0.15, -0.1) is 11.3 Å². The number of anilines is 1. The van der Waals surface area contributed by atoms with Crippen LogP contribution in [0.2, 0.25) is 5.02 Å². The maximum Gasteiger partial charge on any atom is 0.258 e. The van der Waals surface area contributed by atoms with Crippen LogP contribution in [0.5, 0.6) is 0 Å². The zero-order valence-electron chi connectivity index (χ0n) is 15.3. The van der Waals surface area contributed by atoms with Gasteiger partial charge in [-0.1, -0.05) is 35.9 Å². The van der Waals surface area contributed by atoms with Crippen LogP contribution in [-0.4, -0.2) is 20.9 Å². The SMILES string of the molecule is O=C(CCCc1nc2ccccc2c(=O)[nH]1)Nc1nc(-c2ccc(Cl)cc2)cs1. The lowest BCUT2D eigenvalue weighted by Gasteiger charge is -2.04. The van der Waals surface area contributed by atoms with Gasteiger partial charge < -0.3 is 10.3 Å². The van der Waals surface area contributed by atoms with Crippen LogP contribution in [0.3, 0.4) is 0 Å². The topological polar surface area (TPSA) is 87.7 Å². The molecular formula is C21H17ClN4O2S. The fourth-order valence-electron chi connectivity index (χ4n) is 2.94. The molecule has 0 aliphatic rings. The van der Waals surface area contributed by atoms with Gasteiger partial charge in [-0.05, 0) is 30.7 Å². The average Bonchev–Trinajstić information content (AvgIpc) is 3.17. The summed E-state index contributed by atoms with van der Waals surface area (Å²) in [5.74, 6) is 0.464. The summed E-state index contributed by atoms with van der Waals surface area (Å²) in [5, 5.41) is 6.50. The van der Waals surface area contributed by atoms with Crippen molar-refractivity contribution in [1.29, 1.82) is 0 Å². The number of benzene rings is 2. The summed E-state index contributed by atoms with van der Waals surface area (Å²) < 4.78 is 0. The van der Waals surface area contributed by atoms with Crippen molar-refractivity contribution >= 4 is 44.9 Å². The highest BCUT2D eigenvalue weighted by molar-refractivity contribution is 7.14. The van der Waals surface area contributed by atoms with Crippen molar-refractivity contribution < 1.29 is 4.79 Å². The monoisotopic (exact) mass is 424 g/mol. The summed E-state index contributed by atoms with van der Waals surface area (Å²) in [6.45, 7) is 0. The summed E-state index contributed by atoms with van der Waals surface area (Å²) in [4.78, 5) is 36.0. The Labute approximate surface area is 175 Å². The molecule has 0 atom stereocenters. The largest absolute Gasteiger partial charge is 0.310 e. The van der Waals surface area contributed by atoms with Crippen molar-refractivity contribution in [2.75, 3.05) is 5.32 Å². The highest BCUT2D eigenvalue weighted by Crippen LogP contribution is 2.26. The van der Waals surface area contributed by atoms with Gasteiger partial charge in [0.2, 0.25) is 5.91 Å². The Kier molecular flexibility index (Phi) is 5.69. The number of para-hydroxylation sites is 1. The van der Waals surface area contributed by atoms with Crippen molar-refractivity contribution in [3.8, 4) is 11.3 Å². The minimum absolute atomic E-state index is 0.120. The molecule has 4 aromatic rings. The molecule has 2 heterocycles. The summed E-state index contributed by atoms with van der Waals surface area (Å²) in [6.07, 6.45) is 1.40. The average molecular weight is 425 g/mol. The van der Waals surface area contributed by atoms with Crippen LogP contribution in [0.25, 0.3) is 22.2 Å². The molecule has 2 aromatic carbocycles. The van der Waals surface area contributed by atoms with E-state index in [0.29, 0.717) is 46.1 Å². The minimum Gasteiger partial charge on any atom is -0.310 e. The molecule has 0 bridgehead atoms. The third-order valence-electron chi connectivity index (χ3n) is 4.37. The summed E-state index contributed by atoms with van der Waals surface area (Å²) in [5.41, 5.74) is 2.23. The molecule has 0 unspecified atom stereocenters. The lowest BCUT2D eigenvalue weighted by atomic mass is 10.2. The van der Waals surface area contributed by atoms with Gasteiger partial charge in [0, 0.05) is 28.8 Å². The number of aromatic amines is 1. The number of halogens is 1. The number of aryl methyl sites for hydroxylation is 1. The van der Waals surface area contributed by atoms with Gasteiger partial charge in [0.15, 0.2) is 5.13 Å². The standard InChI is InChI=1S/C21H17ClN4O2S/c22-14-10-8-13(9-11-14)17-12-29-21(24-17)26-19(27)7-3-6-18-23-16-5-2-1-4-15(16)20(28)25-18/h1-2,4-5,8-12H,3,6-7H2,(H,23,25,28)(H,24,26,27). The maximum absolute atomic E-state index is 12.2. The highest BCUT2D eigenvalue weighted by atomic mass is 35.5. The molecule has 2 N–H and O–H groups in total. The molecule has 0 fully saturated rings. The second-order valence-electron chi connectivity index (χ2n) is 6.48. The number of hydrogen-bond donors (Lipinski definition) is 2. The molecular weight excluding hydrogens is 408 g/mol. The number of H-pyrrole nitrogens is 1. The molecule has 0 radical (unpaired) electrons. The maximum atomic E-state index is 12.2. The number of thiazole rings is 1. The number of carbonyl (C=O) groups is 1. The Bertz CT molecular complexity index is 1220. The Hall–Kier alpha value is -3.03. The van der Waals surface area contributed by atoms with Crippen LogP contribution in [0.15, 0.2) is 58.7 Å². The van der Waals surface area contributed by atoms with Gasteiger partial charge in [0.1, 0.15) is 5.82 Å². The van der Waals surface area contributed by atoms with E-state index in [2.05, 4.69) is 20.3 Å². The van der Waals surface area contributed by atoms with Crippen LogP contribution in [0.1, 0.15) is 18.7 Å². The van der Waals surface area contributed by atoms with Crippen LogP contribution in [-0.2, 0) is 11.2 Å². The number of aromatic nitrogens is 3. The molecule has 29 heavy (non-hydrogen) atoms. The molecule has 4 rings (SSSR count). The summed E-state index contributed by atoms with van der Waals surface area (Å²) >= 11 is 7.28. The second-order valence-corrected chi connectivity index (χ2v) is 7.77. The van der Waals surface area contributed by atoms with Gasteiger partial charge in [0.05, 0.1) is 16.6 Å². The van der Waals surface area contributed by atoms with E-state index >= 15 is 0 Å². The Morgan fingerprint density at radius 3 is 2.72 bits per heavy atom. The fourth-order valence-corrected chi connectivity index (χ4v) is 3.80. The van der Waals surface area contributed by atoms with Gasteiger partial charge in [-0.3, -0.25) is 9.59 Å². The number of amides is 1. The molecule has 0 saturated heterocycles. The molecule has 6 nitrogen and oxygen atoms in total. The first kappa shape index (κ1) is 19.3. The molecule has 0 aliphatic carbocycles. The van der Waals surface area contributed by atoms with E-state index < -0.39 is 0 Å². The van der Waals surface area contributed by atoms with E-state index in [1.165, 1.54) is 11.3 Å². The lowest BCUT2D eigenvalue weighted by molar-refractivity contribution is -0.116. The highest BCUT2D eigenvalue weighted by Gasteiger charge is 2.09. The van der Waals surface area contributed by atoms with Gasteiger partial charge in [-0.25, -0.2) is 9.97 Å². The predicted octanol–water partition coefficient (Wildman–Crippen LogP) is 4.66. The second kappa shape index (κ2) is 8.55. The van der Waals surface area contributed by atoms with E-state index in [4.69, 9.17) is 11.6 Å². The fraction of sp³-hybridized carbons (Fsp3) is 0.143. The molecule has 8 heteroatoms. The normalized spacial score (nSPS) is 10.9. The first-order valence-electron chi connectivity index (χ1n) is 9.08. The Balaban J connectivity index is 1.33. The van der Waals surface area contributed by atoms with Crippen LogP contribution < -0.4 is 10.9 Å². The van der Waals surface area contributed by atoms with Crippen LogP contribution in [0, 0.1) is 0 Å². The lowest BCUT2D eigenvalue weighted by Crippen LogP contribution is -2.14. The number of nitrogens with zero attached hydrogens (tertiary/aromatic N) is 2. The number of rotatable bonds is 6. The van der Waals surface area contributed by atoms with Crippen LogP contribution in [0.4, 0.5) is 5.13 Å². The first-order chi connectivity index (χ1) is 14.1. The van der Waals surface area contributed by atoms with Crippen molar-refractivity contribution in [1.82, 2.24) is 15.0 Å². The van der Waals surface area contributed by atoms with Crippen molar-refractivity contribution in [2.24, 2.45) is 0 Å². The molecule has 0 saturated carbocycles.